The highest BCUT2D eigenvalue weighted by molar-refractivity contribution is 5.96. The zero-order valence-electron chi connectivity index (χ0n) is 14.5. The Hall–Kier alpha value is -2.86. The first-order valence-electron chi connectivity index (χ1n) is 8.50. The number of rotatable bonds is 5. The van der Waals surface area contributed by atoms with E-state index in [0.717, 1.165) is 19.4 Å². The first-order chi connectivity index (χ1) is 12.6. The fourth-order valence-corrected chi connectivity index (χ4v) is 2.96. The lowest BCUT2D eigenvalue weighted by Crippen LogP contribution is -2.31. The van der Waals surface area contributed by atoms with E-state index in [2.05, 4.69) is 10.1 Å². The van der Waals surface area contributed by atoms with E-state index in [0.29, 0.717) is 23.2 Å². The predicted molar refractivity (Wildman–Crippen MR) is 96.2 cm³/mol. The SMILES string of the molecule is COC(=O)c1ccc(-c2cccc(C(=O)NC[C@@H]3CCCO3)c2)c(O)c1. The number of benzene rings is 2. The summed E-state index contributed by atoms with van der Waals surface area (Å²) in [5.41, 5.74) is 1.98. The maximum absolute atomic E-state index is 12.4. The molecule has 6 heteroatoms. The van der Waals surface area contributed by atoms with Gasteiger partial charge in [-0.3, -0.25) is 4.79 Å². The first kappa shape index (κ1) is 17.9. The Morgan fingerprint density at radius 1 is 1.23 bits per heavy atom. The van der Waals surface area contributed by atoms with Crippen LogP contribution in [0.2, 0.25) is 0 Å². The Labute approximate surface area is 151 Å². The molecule has 2 aromatic rings. The van der Waals surface area contributed by atoms with Crippen LogP contribution >= 0.6 is 0 Å². The number of ether oxygens (including phenoxy) is 2. The minimum absolute atomic E-state index is 0.0511. The van der Waals surface area contributed by atoms with E-state index >= 15 is 0 Å². The van der Waals surface area contributed by atoms with Gasteiger partial charge in [0.05, 0.1) is 18.8 Å². The van der Waals surface area contributed by atoms with Gasteiger partial charge in [-0.1, -0.05) is 12.1 Å². The lowest BCUT2D eigenvalue weighted by molar-refractivity contribution is 0.0600. The second-order valence-electron chi connectivity index (χ2n) is 6.15. The van der Waals surface area contributed by atoms with Crippen LogP contribution in [0.4, 0.5) is 0 Å². The van der Waals surface area contributed by atoms with Gasteiger partial charge in [0.1, 0.15) is 5.75 Å². The van der Waals surface area contributed by atoms with Gasteiger partial charge < -0.3 is 19.9 Å². The van der Waals surface area contributed by atoms with E-state index in [1.165, 1.54) is 13.2 Å². The highest BCUT2D eigenvalue weighted by Crippen LogP contribution is 2.30. The van der Waals surface area contributed by atoms with E-state index < -0.39 is 5.97 Å². The van der Waals surface area contributed by atoms with Crippen LogP contribution in [0.3, 0.4) is 0 Å². The van der Waals surface area contributed by atoms with Crippen LogP contribution in [-0.4, -0.2) is 43.3 Å². The number of phenolic OH excluding ortho intramolecular Hbond substituents is 1. The molecule has 1 atom stereocenters. The largest absolute Gasteiger partial charge is 0.507 e. The molecule has 2 aromatic carbocycles. The lowest BCUT2D eigenvalue weighted by atomic mass is 10.0. The maximum atomic E-state index is 12.4. The predicted octanol–water partition coefficient (Wildman–Crippen LogP) is 2.75. The molecule has 136 valence electrons. The van der Waals surface area contributed by atoms with E-state index in [4.69, 9.17) is 4.74 Å². The lowest BCUT2D eigenvalue weighted by Gasteiger charge is -2.12. The summed E-state index contributed by atoms with van der Waals surface area (Å²) in [5, 5.41) is 13.1. The van der Waals surface area contributed by atoms with Crippen molar-refractivity contribution in [3.8, 4) is 16.9 Å². The average molecular weight is 355 g/mol. The number of carbonyl (C=O) groups is 2. The van der Waals surface area contributed by atoms with E-state index in [1.54, 1.807) is 36.4 Å². The van der Waals surface area contributed by atoms with Crippen LogP contribution in [0.5, 0.6) is 5.75 Å². The topological polar surface area (TPSA) is 84.9 Å². The van der Waals surface area contributed by atoms with Crippen LogP contribution in [0.1, 0.15) is 33.6 Å². The molecule has 1 aliphatic heterocycles. The van der Waals surface area contributed by atoms with Crippen molar-refractivity contribution in [2.75, 3.05) is 20.3 Å². The standard InChI is InChI=1S/C20H21NO5/c1-25-20(24)15-7-8-17(18(22)11-15)13-4-2-5-14(10-13)19(23)21-12-16-6-3-9-26-16/h2,4-5,7-8,10-11,16,22H,3,6,9,12H2,1H3,(H,21,23)/t16-/m0/s1. The molecule has 0 spiro atoms. The molecule has 1 saturated heterocycles. The molecule has 1 heterocycles. The minimum atomic E-state index is -0.519. The van der Waals surface area contributed by atoms with Gasteiger partial charge in [-0.2, -0.15) is 0 Å². The molecule has 0 aromatic heterocycles. The molecule has 0 aliphatic carbocycles. The van der Waals surface area contributed by atoms with Gasteiger partial charge in [0.15, 0.2) is 0 Å². The second kappa shape index (κ2) is 8.01. The highest BCUT2D eigenvalue weighted by atomic mass is 16.5. The molecule has 1 amide bonds. The third-order valence-corrected chi connectivity index (χ3v) is 4.37. The molecule has 26 heavy (non-hydrogen) atoms. The molecular formula is C20H21NO5. The van der Waals surface area contributed by atoms with Gasteiger partial charge in [0.2, 0.25) is 0 Å². The number of hydrogen-bond acceptors (Lipinski definition) is 5. The summed E-state index contributed by atoms with van der Waals surface area (Å²) < 4.78 is 10.1. The maximum Gasteiger partial charge on any atom is 0.337 e. The molecule has 0 bridgehead atoms. The molecule has 0 saturated carbocycles. The number of esters is 1. The van der Waals surface area contributed by atoms with Crippen molar-refractivity contribution < 1.29 is 24.2 Å². The summed E-state index contributed by atoms with van der Waals surface area (Å²) in [6.07, 6.45) is 2.06. The monoisotopic (exact) mass is 355 g/mol. The smallest absolute Gasteiger partial charge is 0.337 e. The molecule has 3 rings (SSSR count). The van der Waals surface area contributed by atoms with Crippen molar-refractivity contribution in [1.29, 1.82) is 0 Å². The summed E-state index contributed by atoms with van der Waals surface area (Å²) in [6, 6.07) is 11.5. The van der Waals surface area contributed by atoms with Crippen LogP contribution in [0.25, 0.3) is 11.1 Å². The van der Waals surface area contributed by atoms with Gasteiger partial charge in [-0.05, 0) is 48.7 Å². The minimum Gasteiger partial charge on any atom is -0.507 e. The van der Waals surface area contributed by atoms with Crippen molar-refractivity contribution in [2.45, 2.75) is 18.9 Å². The number of amides is 1. The third kappa shape index (κ3) is 4.03. The molecular weight excluding hydrogens is 334 g/mol. The summed E-state index contributed by atoms with van der Waals surface area (Å²) in [4.78, 5) is 23.9. The summed E-state index contributed by atoms with van der Waals surface area (Å²) in [5.74, 6) is -0.757. The number of hydrogen-bond donors (Lipinski definition) is 2. The van der Waals surface area contributed by atoms with E-state index in [1.807, 2.05) is 0 Å². The number of methoxy groups -OCH3 is 1. The van der Waals surface area contributed by atoms with Crippen LogP contribution in [0, 0.1) is 0 Å². The van der Waals surface area contributed by atoms with Gasteiger partial charge >= 0.3 is 5.97 Å². The van der Waals surface area contributed by atoms with Gasteiger partial charge in [0, 0.05) is 24.3 Å². The normalized spacial score (nSPS) is 16.3. The van der Waals surface area contributed by atoms with E-state index in [-0.39, 0.29) is 23.3 Å². The number of aromatic hydroxyl groups is 1. The molecule has 6 nitrogen and oxygen atoms in total. The average Bonchev–Trinajstić information content (AvgIpc) is 3.19. The Morgan fingerprint density at radius 3 is 2.77 bits per heavy atom. The zero-order chi connectivity index (χ0) is 18.5. The Morgan fingerprint density at radius 2 is 2.08 bits per heavy atom. The fraction of sp³-hybridized carbons (Fsp3) is 0.300. The van der Waals surface area contributed by atoms with Gasteiger partial charge in [0.25, 0.3) is 5.91 Å². The molecule has 0 unspecified atom stereocenters. The van der Waals surface area contributed by atoms with Crippen LogP contribution in [-0.2, 0) is 9.47 Å². The van der Waals surface area contributed by atoms with Crippen molar-refractivity contribution in [3.63, 3.8) is 0 Å². The Bertz CT molecular complexity index is 812. The molecule has 1 aliphatic rings. The zero-order valence-corrected chi connectivity index (χ0v) is 14.5. The number of phenols is 1. The van der Waals surface area contributed by atoms with Crippen molar-refractivity contribution in [1.82, 2.24) is 5.32 Å². The summed E-state index contributed by atoms with van der Waals surface area (Å²) >= 11 is 0. The quantitative estimate of drug-likeness (QED) is 0.806. The molecule has 1 fully saturated rings. The first-order valence-corrected chi connectivity index (χ1v) is 8.50. The second-order valence-corrected chi connectivity index (χ2v) is 6.15. The summed E-state index contributed by atoms with van der Waals surface area (Å²) in [7, 11) is 1.28. The van der Waals surface area contributed by atoms with Crippen molar-refractivity contribution >= 4 is 11.9 Å². The third-order valence-electron chi connectivity index (χ3n) is 4.37. The Balaban J connectivity index is 1.76. The molecule has 0 radical (unpaired) electrons. The number of nitrogens with one attached hydrogen (secondary N) is 1. The molecule has 2 N–H and O–H groups in total. The highest BCUT2D eigenvalue weighted by Gasteiger charge is 2.17. The Kier molecular flexibility index (Phi) is 5.53. The van der Waals surface area contributed by atoms with Crippen molar-refractivity contribution in [2.24, 2.45) is 0 Å². The van der Waals surface area contributed by atoms with Gasteiger partial charge in [-0.25, -0.2) is 4.79 Å². The van der Waals surface area contributed by atoms with Crippen molar-refractivity contribution in [3.05, 3.63) is 53.6 Å². The van der Waals surface area contributed by atoms with Gasteiger partial charge in [-0.15, -0.1) is 0 Å². The van der Waals surface area contributed by atoms with Crippen LogP contribution in [0.15, 0.2) is 42.5 Å². The van der Waals surface area contributed by atoms with Crippen LogP contribution < -0.4 is 5.32 Å². The fourth-order valence-electron chi connectivity index (χ4n) is 2.96. The summed E-state index contributed by atoms with van der Waals surface area (Å²) in [6.45, 7) is 1.24. The number of carbonyl (C=O) groups excluding carboxylic acids is 2. The van der Waals surface area contributed by atoms with E-state index in [9.17, 15) is 14.7 Å².